The fourth-order valence-electron chi connectivity index (χ4n) is 2.13. The van der Waals surface area contributed by atoms with Gasteiger partial charge in [0.15, 0.2) is 0 Å². The number of carboxylic acid groups (broad SMARTS) is 2. The molecule has 1 aromatic heterocycles. The second-order valence-corrected chi connectivity index (χ2v) is 6.30. The van der Waals surface area contributed by atoms with Crippen LogP contribution >= 0.6 is 11.3 Å². The largest absolute Gasteiger partial charge is 0.478 e. The maximum atomic E-state index is 12.1. The van der Waals surface area contributed by atoms with Gasteiger partial charge in [0.2, 0.25) is 0 Å². The van der Waals surface area contributed by atoms with Crippen LogP contribution in [0, 0.1) is 6.92 Å². The average molecular weight is 342 g/mol. The van der Waals surface area contributed by atoms with Crippen LogP contribution in [0.2, 0.25) is 0 Å². The molecule has 128 valence electrons. The summed E-state index contributed by atoms with van der Waals surface area (Å²) in [5, 5.41) is 20.9. The standard InChI is InChI=1S/C15H22N2O5S/c1-4-5-6-7-8-17(3)15(22)16-12-10(13(18)19)9(2)11(23-12)14(20)21/h4-8H2,1-3H3,(H,16,22)(H,18,19)(H,20,21). The molecule has 0 unspecified atom stereocenters. The number of rotatable bonds is 8. The van der Waals surface area contributed by atoms with Crippen LogP contribution in [-0.4, -0.2) is 46.7 Å². The first-order chi connectivity index (χ1) is 10.8. The maximum Gasteiger partial charge on any atom is 0.346 e. The van der Waals surface area contributed by atoms with E-state index in [0.29, 0.717) is 6.54 Å². The normalized spacial score (nSPS) is 10.4. The van der Waals surface area contributed by atoms with Crippen molar-refractivity contribution in [2.24, 2.45) is 0 Å². The summed E-state index contributed by atoms with van der Waals surface area (Å²) in [4.78, 5) is 36.0. The van der Waals surface area contributed by atoms with Crippen LogP contribution < -0.4 is 5.32 Å². The minimum Gasteiger partial charge on any atom is -0.478 e. The molecular formula is C15H22N2O5S. The van der Waals surface area contributed by atoms with Gasteiger partial charge in [-0.15, -0.1) is 11.3 Å². The third kappa shape index (κ3) is 4.95. The van der Waals surface area contributed by atoms with Crippen molar-refractivity contribution in [3.63, 3.8) is 0 Å². The molecule has 0 aliphatic rings. The fraction of sp³-hybridized carbons (Fsp3) is 0.533. The Hall–Kier alpha value is -2.09. The van der Waals surface area contributed by atoms with Crippen molar-refractivity contribution in [2.75, 3.05) is 18.9 Å². The molecule has 0 aliphatic heterocycles. The van der Waals surface area contributed by atoms with E-state index >= 15 is 0 Å². The molecule has 0 spiro atoms. The summed E-state index contributed by atoms with van der Waals surface area (Å²) in [7, 11) is 1.63. The number of urea groups is 1. The van der Waals surface area contributed by atoms with Crippen LogP contribution in [0.1, 0.15) is 58.2 Å². The molecule has 0 bridgehead atoms. The molecule has 7 nitrogen and oxygen atoms in total. The monoisotopic (exact) mass is 342 g/mol. The van der Waals surface area contributed by atoms with Gasteiger partial charge in [-0.05, 0) is 18.9 Å². The Labute approximate surface area is 138 Å². The molecular weight excluding hydrogens is 320 g/mol. The van der Waals surface area contributed by atoms with Crippen LogP contribution in [0.3, 0.4) is 0 Å². The highest BCUT2D eigenvalue weighted by atomic mass is 32.1. The Morgan fingerprint density at radius 2 is 1.78 bits per heavy atom. The number of hydrogen-bond donors (Lipinski definition) is 3. The zero-order valence-electron chi connectivity index (χ0n) is 13.5. The molecule has 0 fully saturated rings. The van der Waals surface area contributed by atoms with E-state index in [-0.39, 0.29) is 21.0 Å². The molecule has 0 atom stereocenters. The Morgan fingerprint density at radius 1 is 1.13 bits per heavy atom. The molecule has 0 aromatic carbocycles. The molecule has 23 heavy (non-hydrogen) atoms. The van der Waals surface area contributed by atoms with Gasteiger partial charge in [0.25, 0.3) is 0 Å². The highest BCUT2D eigenvalue weighted by Gasteiger charge is 2.25. The zero-order chi connectivity index (χ0) is 17.6. The lowest BCUT2D eigenvalue weighted by molar-refractivity contribution is 0.0696. The van der Waals surface area contributed by atoms with E-state index in [1.165, 1.54) is 11.8 Å². The number of carbonyl (C=O) groups excluding carboxylic acids is 1. The Bertz CT molecular complexity index is 597. The van der Waals surface area contributed by atoms with E-state index in [1.807, 2.05) is 0 Å². The zero-order valence-corrected chi connectivity index (χ0v) is 14.3. The molecule has 0 radical (unpaired) electrons. The van der Waals surface area contributed by atoms with E-state index < -0.39 is 18.0 Å². The number of thiophene rings is 1. The molecule has 1 heterocycles. The topological polar surface area (TPSA) is 107 Å². The lowest BCUT2D eigenvalue weighted by Gasteiger charge is -2.17. The SMILES string of the molecule is CCCCCCN(C)C(=O)Nc1sc(C(=O)O)c(C)c1C(=O)O. The van der Waals surface area contributed by atoms with Gasteiger partial charge in [-0.3, -0.25) is 5.32 Å². The first-order valence-electron chi connectivity index (χ1n) is 7.41. The highest BCUT2D eigenvalue weighted by molar-refractivity contribution is 7.18. The smallest absolute Gasteiger partial charge is 0.346 e. The average Bonchev–Trinajstić information content (AvgIpc) is 2.80. The number of amides is 2. The van der Waals surface area contributed by atoms with Crippen molar-refractivity contribution in [2.45, 2.75) is 39.5 Å². The minimum absolute atomic E-state index is 0.0535. The quantitative estimate of drug-likeness (QED) is 0.627. The second-order valence-electron chi connectivity index (χ2n) is 5.28. The van der Waals surface area contributed by atoms with E-state index in [0.717, 1.165) is 37.0 Å². The number of carbonyl (C=O) groups is 3. The van der Waals surface area contributed by atoms with Gasteiger partial charge in [-0.2, -0.15) is 0 Å². The number of anilines is 1. The van der Waals surface area contributed by atoms with Gasteiger partial charge in [-0.1, -0.05) is 26.2 Å². The van der Waals surface area contributed by atoms with Crippen LogP contribution in [0.25, 0.3) is 0 Å². The first-order valence-corrected chi connectivity index (χ1v) is 8.23. The Morgan fingerprint density at radius 3 is 2.30 bits per heavy atom. The summed E-state index contributed by atoms with van der Waals surface area (Å²) < 4.78 is 0. The van der Waals surface area contributed by atoms with E-state index in [2.05, 4.69) is 12.2 Å². The molecule has 0 saturated carbocycles. The summed E-state index contributed by atoms with van der Waals surface area (Å²) in [6.45, 7) is 4.08. The van der Waals surface area contributed by atoms with Crippen LogP contribution in [0.15, 0.2) is 0 Å². The van der Waals surface area contributed by atoms with Gasteiger partial charge in [-0.25, -0.2) is 14.4 Å². The third-order valence-corrected chi connectivity index (χ3v) is 4.66. The second kappa shape index (κ2) is 8.52. The Balaban J connectivity index is 2.83. The van der Waals surface area contributed by atoms with Crippen LogP contribution in [-0.2, 0) is 0 Å². The number of nitrogens with one attached hydrogen (secondary N) is 1. The van der Waals surface area contributed by atoms with E-state index in [1.54, 1.807) is 7.05 Å². The summed E-state index contributed by atoms with van der Waals surface area (Å²) in [5.41, 5.74) is -0.0176. The summed E-state index contributed by atoms with van der Waals surface area (Å²) in [5.74, 6) is -2.46. The van der Waals surface area contributed by atoms with Crippen molar-refractivity contribution in [1.29, 1.82) is 0 Å². The van der Waals surface area contributed by atoms with Crippen LogP contribution in [0.4, 0.5) is 9.80 Å². The maximum absolute atomic E-state index is 12.1. The van der Waals surface area contributed by atoms with Gasteiger partial charge in [0.05, 0.1) is 5.56 Å². The number of aromatic carboxylic acids is 2. The number of unbranched alkanes of at least 4 members (excludes halogenated alkanes) is 3. The Kier molecular flexibility index (Phi) is 7.02. The molecule has 8 heteroatoms. The van der Waals surface area contributed by atoms with Gasteiger partial charge in [0, 0.05) is 13.6 Å². The predicted octanol–water partition coefficient (Wildman–Crippen LogP) is 3.50. The van der Waals surface area contributed by atoms with Crippen molar-refractivity contribution in [3.8, 4) is 0 Å². The molecule has 0 aliphatic carbocycles. The molecule has 2 amide bonds. The van der Waals surface area contributed by atoms with Crippen LogP contribution in [0.5, 0.6) is 0 Å². The molecule has 1 aromatic rings. The predicted molar refractivity (Wildman–Crippen MR) is 88.8 cm³/mol. The molecule has 3 N–H and O–H groups in total. The van der Waals surface area contributed by atoms with Crippen molar-refractivity contribution < 1.29 is 24.6 Å². The molecule has 0 saturated heterocycles. The number of carboxylic acids is 2. The van der Waals surface area contributed by atoms with Gasteiger partial charge in [0.1, 0.15) is 9.88 Å². The number of nitrogens with zero attached hydrogens (tertiary/aromatic N) is 1. The highest BCUT2D eigenvalue weighted by Crippen LogP contribution is 2.33. The first kappa shape index (κ1) is 19.0. The van der Waals surface area contributed by atoms with E-state index in [4.69, 9.17) is 5.11 Å². The lowest BCUT2D eigenvalue weighted by Crippen LogP contribution is -2.32. The van der Waals surface area contributed by atoms with Crippen molar-refractivity contribution in [3.05, 3.63) is 16.0 Å². The lowest BCUT2D eigenvalue weighted by atomic mass is 10.1. The van der Waals surface area contributed by atoms with Gasteiger partial charge >= 0.3 is 18.0 Å². The third-order valence-electron chi connectivity index (χ3n) is 3.47. The van der Waals surface area contributed by atoms with Crippen molar-refractivity contribution >= 4 is 34.3 Å². The summed E-state index contributed by atoms with van der Waals surface area (Å²) >= 11 is 0.761. The van der Waals surface area contributed by atoms with Gasteiger partial charge < -0.3 is 15.1 Å². The summed E-state index contributed by atoms with van der Waals surface area (Å²) in [6.07, 6.45) is 4.10. The molecule has 1 rings (SSSR count). The van der Waals surface area contributed by atoms with Crippen molar-refractivity contribution in [1.82, 2.24) is 4.90 Å². The van der Waals surface area contributed by atoms with E-state index in [9.17, 15) is 19.5 Å². The summed E-state index contributed by atoms with van der Waals surface area (Å²) in [6, 6.07) is -0.442. The minimum atomic E-state index is -1.26. The number of hydrogen-bond acceptors (Lipinski definition) is 4. The fourth-order valence-corrected chi connectivity index (χ4v) is 3.16.